The lowest BCUT2D eigenvalue weighted by molar-refractivity contribution is 0.110. The van der Waals surface area contributed by atoms with Gasteiger partial charge in [-0.05, 0) is 59.0 Å². The average molecular weight is 420 g/mol. The van der Waals surface area contributed by atoms with Gasteiger partial charge in [0.25, 0.3) is 0 Å². The third kappa shape index (κ3) is 5.22. The molecule has 0 radical (unpaired) electrons. The lowest BCUT2D eigenvalue weighted by atomic mass is 10.1. The molecular formula is C21H26BrNO3. The molecule has 3 rings (SSSR count). The van der Waals surface area contributed by atoms with Crippen LogP contribution in [0.2, 0.25) is 0 Å². The number of halogens is 1. The van der Waals surface area contributed by atoms with E-state index in [1.807, 2.05) is 6.07 Å². The maximum atomic E-state index is 6.01. The predicted octanol–water partition coefficient (Wildman–Crippen LogP) is 4.61. The zero-order chi connectivity index (χ0) is 18.4. The summed E-state index contributed by atoms with van der Waals surface area (Å²) in [6.07, 6.45) is 2.65. The summed E-state index contributed by atoms with van der Waals surface area (Å²) >= 11 is 3.62. The molecule has 1 heterocycles. The van der Waals surface area contributed by atoms with Gasteiger partial charge in [-0.3, -0.25) is 0 Å². The standard InChI is InChI=1S/C21H26BrNO3/c1-15-5-7-16(8-6-15)14-26-21-19(22)10-17(11-20(21)24-2)12-23-13-18-4-3-9-25-18/h5-8,10-11,18,23H,3-4,9,12-14H2,1-2H3/t18-/m1/s1. The van der Waals surface area contributed by atoms with Gasteiger partial charge in [0.05, 0.1) is 17.7 Å². The molecule has 1 aliphatic rings. The molecule has 0 amide bonds. The minimum atomic E-state index is 0.345. The lowest BCUT2D eigenvalue weighted by Gasteiger charge is -2.16. The fourth-order valence-electron chi connectivity index (χ4n) is 3.04. The molecule has 4 nitrogen and oxygen atoms in total. The molecule has 5 heteroatoms. The summed E-state index contributed by atoms with van der Waals surface area (Å²) in [4.78, 5) is 0. The Hall–Kier alpha value is -1.56. The van der Waals surface area contributed by atoms with Crippen LogP contribution in [0.1, 0.15) is 29.5 Å². The maximum absolute atomic E-state index is 6.01. The number of aryl methyl sites for hydroxylation is 1. The molecule has 2 aromatic rings. The van der Waals surface area contributed by atoms with Crippen molar-refractivity contribution in [2.75, 3.05) is 20.3 Å². The fraction of sp³-hybridized carbons (Fsp3) is 0.429. The molecule has 1 aliphatic heterocycles. The van der Waals surface area contributed by atoms with Gasteiger partial charge in [-0.25, -0.2) is 0 Å². The Morgan fingerprint density at radius 3 is 2.69 bits per heavy atom. The molecule has 2 aromatic carbocycles. The van der Waals surface area contributed by atoms with Gasteiger partial charge in [-0.1, -0.05) is 29.8 Å². The first-order valence-corrected chi connectivity index (χ1v) is 9.82. The third-order valence-electron chi connectivity index (χ3n) is 4.52. The van der Waals surface area contributed by atoms with E-state index < -0.39 is 0 Å². The molecule has 0 bridgehead atoms. The van der Waals surface area contributed by atoms with Crippen molar-refractivity contribution in [1.29, 1.82) is 0 Å². The van der Waals surface area contributed by atoms with E-state index in [1.54, 1.807) is 7.11 Å². The molecular weight excluding hydrogens is 394 g/mol. The highest BCUT2D eigenvalue weighted by Gasteiger charge is 2.15. The van der Waals surface area contributed by atoms with Crippen molar-refractivity contribution < 1.29 is 14.2 Å². The van der Waals surface area contributed by atoms with Crippen LogP contribution in [0.5, 0.6) is 11.5 Å². The van der Waals surface area contributed by atoms with Crippen LogP contribution in [0.15, 0.2) is 40.9 Å². The van der Waals surface area contributed by atoms with Crippen molar-refractivity contribution in [3.8, 4) is 11.5 Å². The van der Waals surface area contributed by atoms with Crippen molar-refractivity contribution in [1.82, 2.24) is 5.32 Å². The van der Waals surface area contributed by atoms with Crippen molar-refractivity contribution in [3.63, 3.8) is 0 Å². The normalized spacial score (nSPS) is 16.7. The molecule has 0 aliphatic carbocycles. The number of nitrogens with one attached hydrogen (secondary N) is 1. The first kappa shape index (κ1) is 19.2. The second-order valence-corrected chi connectivity index (χ2v) is 7.50. The highest BCUT2D eigenvalue weighted by molar-refractivity contribution is 9.10. The molecule has 1 saturated heterocycles. The number of hydrogen-bond acceptors (Lipinski definition) is 4. The molecule has 26 heavy (non-hydrogen) atoms. The first-order chi connectivity index (χ1) is 12.7. The predicted molar refractivity (Wildman–Crippen MR) is 107 cm³/mol. The Morgan fingerprint density at radius 1 is 1.19 bits per heavy atom. The van der Waals surface area contributed by atoms with Gasteiger partial charge in [0.15, 0.2) is 11.5 Å². The maximum Gasteiger partial charge on any atom is 0.175 e. The lowest BCUT2D eigenvalue weighted by Crippen LogP contribution is -2.25. The minimum absolute atomic E-state index is 0.345. The quantitative estimate of drug-likeness (QED) is 0.677. The van der Waals surface area contributed by atoms with Crippen molar-refractivity contribution in [2.45, 2.75) is 39.0 Å². The number of hydrogen-bond donors (Lipinski definition) is 1. The van der Waals surface area contributed by atoms with Crippen molar-refractivity contribution >= 4 is 15.9 Å². The van der Waals surface area contributed by atoms with Gasteiger partial charge < -0.3 is 19.5 Å². The Labute approximate surface area is 164 Å². The molecule has 0 spiro atoms. The summed E-state index contributed by atoms with van der Waals surface area (Å²) in [5.74, 6) is 1.47. The topological polar surface area (TPSA) is 39.7 Å². The monoisotopic (exact) mass is 419 g/mol. The van der Waals surface area contributed by atoms with E-state index in [1.165, 1.54) is 12.0 Å². The molecule has 0 unspecified atom stereocenters. The van der Waals surface area contributed by atoms with Crippen LogP contribution in [-0.4, -0.2) is 26.4 Å². The summed E-state index contributed by atoms with van der Waals surface area (Å²) < 4.78 is 18.1. The summed E-state index contributed by atoms with van der Waals surface area (Å²) in [5.41, 5.74) is 3.52. The second kappa shape index (κ2) is 9.40. The smallest absolute Gasteiger partial charge is 0.175 e. The van der Waals surface area contributed by atoms with E-state index in [2.05, 4.69) is 58.5 Å². The minimum Gasteiger partial charge on any atom is -0.493 e. The largest absolute Gasteiger partial charge is 0.493 e. The van der Waals surface area contributed by atoms with Gasteiger partial charge in [0.1, 0.15) is 6.61 Å². The summed E-state index contributed by atoms with van der Waals surface area (Å²) in [6.45, 7) is 5.12. The molecule has 1 atom stereocenters. The number of ether oxygens (including phenoxy) is 3. The van der Waals surface area contributed by atoms with Crippen LogP contribution in [0.25, 0.3) is 0 Å². The SMILES string of the molecule is COc1cc(CNC[C@H]2CCCO2)cc(Br)c1OCc1ccc(C)cc1. The molecule has 0 saturated carbocycles. The number of rotatable bonds is 8. The van der Waals surface area contributed by atoms with Gasteiger partial charge in [0, 0.05) is 19.7 Å². The molecule has 1 fully saturated rings. The zero-order valence-electron chi connectivity index (χ0n) is 15.4. The second-order valence-electron chi connectivity index (χ2n) is 6.65. The van der Waals surface area contributed by atoms with Crippen LogP contribution < -0.4 is 14.8 Å². The third-order valence-corrected chi connectivity index (χ3v) is 5.11. The van der Waals surface area contributed by atoms with Gasteiger partial charge in [-0.2, -0.15) is 0 Å². The summed E-state index contributed by atoms with van der Waals surface area (Å²) in [7, 11) is 1.67. The Bertz CT molecular complexity index is 712. The number of benzene rings is 2. The fourth-order valence-corrected chi connectivity index (χ4v) is 3.64. The van der Waals surface area contributed by atoms with Crippen LogP contribution in [0, 0.1) is 6.92 Å². The Morgan fingerprint density at radius 2 is 2.00 bits per heavy atom. The van der Waals surface area contributed by atoms with Crippen molar-refractivity contribution in [2.24, 2.45) is 0 Å². The van der Waals surface area contributed by atoms with E-state index in [0.717, 1.165) is 53.2 Å². The molecule has 140 valence electrons. The van der Waals surface area contributed by atoms with Crippen molar-refractivity contribution in [3.05, 3.63) is 57.6 Å². The van der Waals surface area contributed by atoms with Crippen LogP contribution >= 0.6 is 15.9 Å². The summed E-state index contributed by atoms with van der Waals surface area (Å²) in [5, 5.41) is 3.46. The Kier molecular flexibility index (Phi) is 6.94. The van der Waals surface area contributed by atoms with E-state index in [0.29, 0.717) is 12.7 Å². The van der Waals surface area contributed by atoms with Crippen LogP contribution in [-0.2, 0) is 17.9 Å². The van der Waals surface area contributed by atoms with Crippen LogP contribution in [0.4, 0.5) is 0 Å². The van der Waals surface area contributed by atoms with Crippen LogP contribution in [0.3, 0.4) is 0 Å². The Balaban J connectivity index is 1.61. The summed E-state index contributed by atoms with van der Waals surface area (Å²) in [6, 6.07) is 12.5. The van der Waals surface area contributed by atoms with E-state index >= 15 is 0 Å². The van der Waals surface area contributed by atoms with Gasteiger partial charge >= 0.3 is 0 Å². The molecule has 0 aromatic heterocycles. The van der Waals surface area contributed by atoms with Gasteiger partial charge in [0.2, 0.25) is 0 Å². The number of methoxy groups -OCH3 is 1. The first-order valence-electron chi connectivity index (χ1n) is 9.03. The average Bonchev–Trinajstić information content (AvgIpc) is 3.15. The van der Waals surface area contributed by atoms with E-state index in [-0.39, 0.29) is 0 Å². The molecule has 1 N–H and O–H groups in total. The van der Waals surface area contributed by atoms with Gasteiger partial charge in [-0.15, -0.1) is 0 Å². The highest BCUT2D eigenvalue weighted by Crippen LogP contribution is 2.37. The zero-order valence-corrected chi connectivity index (χ0v) is 17.0. The van der Waals surface area contributed by atoms with E-state index in [4.69, 9.17) is 14.2 Å². The highest BCUT2D eigenvalue weighted by atomic mass is 79.9. The van der Waals surface area contributed by atoms with E-state index in [9.17, 15) is 0 Å².